The molecule has 0 radical (unpaired) electrons. The number of hydrogen-bond donors (Lipinski definition) is 2. The highest BCUT2D eigenvalue weighted by molar-refractivity contribution is 8.18. The normalized spacial score (nSPS) is 16.2. The summed E-state index contributed by atoms with van der Waals surface area (Å²) in [5.74, 6) is -3.97. The van der Waals surface area contributed by atoms with E-state index in [-0.39, 0.29) is 39.9 Å². The number of hydrogen-bond acceptors (Lipinski definition) is 7. The Labute approximate surface area is 400 Å². The molecular formula is C56H43F2N3O5S2. The highest BCUT2D eigenvalue weighted by atomic mass is 32.2. The molecule has 2 aliphatic heterocycles. The maximum absolute atomic E-state index is 15.0. The minimum atomic E-state index is -1.04. The van der Waals surface area contributed by atoms with Crippen molar-refractivity contribution < 1.29 is 32.8 Å². The van der Waals surface area contributed by atoms with E-state index in [9.17, 15) is 28.4 Å². The lowest BCUT2D eigenvalue weighted by Crippen LogP contribution is -2.43. The Kier molecular flexibility index (Phi) is 13.3. The topological polar surface area (TPSA) is 113 Å². The number of rotatable bonds is 12. The van der Waals surface area contributed by atoms with E-state index in [1.807, 2.05) is 24.3 Å². The van der Waals surface area contributed by atoms with Gasteiger partial charge in [0.1, 0.15) is 11.6 Å². The summed E-state index contributed by atoms with van der Waals surface area (Å²) < 4.78 is 29.0. The molecule has 0 aliphatic carbocycles. The average Bonchev–Trinajstić information content (AvgIpc) is 3.90. The number of likely N-dealkylation sites (tertiary alicyclic amines) is 1. The summed E-state index contributed by atoms with van der Waals surface area (Å²) in [5, 5.41) is 4.62. The standard InChI is InChI=1S/C56H43F2N3O5S2/c1-33-10-8-14-38(24-33)40-27-47(36-12-4-3-5-13-36)52(48(28-40)39-15-9-11-34(2)25-39)67-43-30-42(31-59-53(63)37-20-18-35(19-21-37)26-50-54(64)60-56(66)68-50)61(32-43)55(65)45-17-7-6-16-44(45)51(62)46-23-22-41(57)29-49(46)58/h3-29,42-43H,30-32H2,1-2H3,(H,59,63)(H,60,64,66)/b50-26-/t42-,43+/m0/s1. The number of ketones is 1. The van der Waals surface area contributed by atoms with Crippen molar-refractivity contribution in [1.82, 2.24) is 15.5 Å². The lowest BCUT2D eigenvalue weighted by atomic mass is 9.92. The Balaban J connectivity index is 1.08. The lowest BCUT2D eigenvalue weighted by Gasteiger charge is -2.26. The predicted octanol–water partition coefficient (Wildman–Crippen LogP) is 11.9. The van der Waals surface area contributed by atoms with Gasteiger partial charge in [-0.05, 0) is 120 Å². The molecule has 2 fully saturated rings. The molecule has 0 unspecified atom stereocenters. The molecule has 7 aromatic rings. The second-order valence-corrected chi connectivity index (χ2v) is 19.1. The van der Waals surface area contributed by atoms with Gasteiger partial charge in [-0.25, -0.2) is 8.78 Å². The van der Waals surface area contributed by atoms with Gasteiger partial charge in [-0.2, -0.15) is 0 Å². The lowest BCUT2D eigenvalue weighted by molar-refractivity contribution is -0.115. The molecule has 7 aromatic carbocycles. The summed E-state index contributed by atoms with van der Waals surface area (Å²) in [5.41, 5.74) is 9.12. The average molecular weight is 940 g/mol. The fraction of sp³-hybridized carbons (Fsp3) is 0.125. The molecule has 0 saturated carbocycles. The van der Waals surface area contributed by atoms with Crippen molar-refractivity contribution in [2.24, 2.45) is 0 Å². The molecule has 2 aliphatic rings. The van der Waals surface area contributed by atoms with E-state index < -0.39 is 46.4 Å². The van der Waals surface area contributed by atoms with Crippen LogP contribution in [-0.2, 0) is 4.79 Å². The fourth-order valence-electron chi connectivity index (χ4n) is 8.63. The Morgan fingerprint density at radius 3 is 2.03 bits per heavy atom. The molecule has 0 spiro atoms. The summed E-state index contributed by atoms with van der Waals surface area (Å²) in [6.45, 7) is 4.45. The predicted molar refractivity (Wildman–Crippen MR) is 265 cm³/mol. The van der Waals surface area contributed by atoms with Crippen LogP contribution >= 0.6 is 23.5 Å². The maximum Gasteiger partial charge on any atom is 0.290 e. The van der Waals surface area contributed by atoms with Gasteiger partial charge in [0.05, 0.1) is 22.1 Å². The second-order valence-electron chi connectivity index (χ2n) is 16.8. The highest BCUT2D eigenvalue weighted by Crippen LogP contribution is 2.46. The van der Waals surface area contributed by atoms with Crippen LogP contribution in [0.5, 0.6) is 0 Å². The zero-order valence-electron chi connectivity index (χ0n) is 36.9. The molecule has 8 nitrogen and oxygen atoms in total. The zero-order chi connectivity index (χ0) is 47.5. The zero-order valence-corrected chi connectivity index (χ0v) is 38.6. The van der Waals surface area contributed by atoms with Gasteiger partial charge in [-0.1, -0.05) is 120 Å². The minimum Gasteiger partial charge on any atom is -0.350 e. The first-order valence-electron chi connectivity index (χ1n) is 22.0. The number of imide groups is 1. The highest BCUT2D eigenvalue weighted by Gasteiger charge is 2.38. The van der Waals surface area contributed by atoms with E-state index >= 15 is 4.39 Å². The van der Waals surface area contributed by atoms with Crippen LogP contribution in [0.4, 0.5) is 13.6 Å². The summed E-state index contributed by atoms with van der Waals surface area (Å²) in [4.78, 5) is 69.4. The van der Waals surface area contributed by atoms with Crippen LogP contribution in [0.15, 0.2) is 168 Å². The molecule has 4 amide bonds. The van der Waals surface area contributed by atoms with Crippen LogP contribution in [0.1, 0.15) is 59.7 Å². The van der Waals surface area contributed by atoms with Crippen LogP contribution in [-0.4, -0.2) is 58.0 Å². The molecule has 2 heterocycles. The van der Waals surface area contributed by atoms with Gasteiger partial charge in [-0.3, -0.25) is 29.3 Å². The Bertz CT molecular complexity index is 3180. The van der Waals surface area contributed by atoms with E-state index in [4.69, 9.17) is 0 Å². The number of carbonyl (C=O) groups excluding carboxylic acids is 5. The number of halogens is 2. The van der Waals surface area contributed by atoms with Crippen molar-refractivity contribution in [3.8, 4) is 33.4 Å². The molecule has 9 rings (SSSR count). The summed E-state index contributed by atoms with van der Waals surface area (Å²) >= 11 is 2.47. The van der Waals surface area contributed by atoms with Crippen LogP contribution < -0.4 is 10.6 Å². The van der Waals surface area contributed by atoms with Gasteiger partial charge >= 0.3 is 0 Å². The fourth-order valence-corrected chi connectivity index (χ4v) is 10.8. The van der Waals surface area contributed by atoms with Gasteiger partial charge in [0.2, 0.25) is 0 Å². The molecule has 0 bridgehead atoms. The van der Waals surface area contributed by atoms with Gasteiger partial charge in [0.25, 0.3) is 23.0 Å². The quantitative estimate of drug-likeness (QED) is 0.0927. The molecular weight excluding hydrogens is 897 g/mol. The van der Waals surface area contributed by atoms with Crippen molar-refractivity contribution in [3.63, 3.8) is 0 Å². The van der Waals surface area contributed by atoms with Crippen molar-refractivity contribution in [1.29, 1.82) is 0 Å². The van der Waals surface area contributed by atoms with E-state index in [2.05, 4.69) is 91.2 Å². The summed E-state index contributed by atoms with van der Waals surface area (Å²) in [7, 11) is 0. The van der Waals surface area contributed by atoms with Crippen molar-refractivity contribution in [2.75, 3.05) is 13.1 Å². The third kappa shape index (κ3) is 9.97. The van der Waals surface area contributed by atoms with Crippen molar-refractivity contribution >= 4 is 58.3 Å². The summed E-state index contributed by atoms with van der Waals surface area (Å²) in [6, 6.07) is 46.4. The Morgan fingerprint density at radius 2 is 1.35 bits per heavy atom. The first-order valence-corrected chi connectivity index (χ1v) is 23.6. The number of nitrogens with one attached hydrogen (secondary N) is 2. The van der Waals surface area contributed by atoms with Gasteiger partial charge in [0.15, 0.2) is 5.78 Å². The van der Waals surface area contributed by atoms with Gasteiger partial charge < -0.3 is 10.2 Å². The Hall–Kier alpha value is -7.41. The SMILES string of the molecule is Cc1cccc(-c2cc(-c3ccccc3)c(S[C@@H]3C[C@@H](CNC(=O)c4ccc(/C=C5\SC(=O)NC5=O)cc4)N(C(=O)c4ccccc4C(=O)c4ccc(F)cc4F)C3)c(-c3cccc(C)c3)c2)c1. The molecule has 2 atom stereocenters. The number of thioether (sulfide) groups is 2. The number of nitrogens with zero attached hydrogens (tertiary/aromatic N) is 1. The molecule has 338 valence electrons. The van der Waals surface area contributed by atoms with Crippen molar-refractivity contribution in [2.45, 2.75) is 36.5 Å². The third-order valence-corrected chi connectivity index (χ3v) is 14.1. The molecule has 0 aromatic heterocycles. The number of carbonyl (C=O) groups is 5. The summed E-state index contributed by atoms with van der Waals surface area (Å²) in [6.07, 6.45) is 2.04. The molecule has 12 heteroatoms. The van der Waals surface area contributed by atoms with E-state index in [0.29, 0.717) is 23.6 Å². The minimum absolute atomic E-state index is 0.0327. The van der Waals surface area contributed by atoms with E-state index in [1.165, 1.54) is 12.1 Å². The van der Waals surface area contributed by atoms with Crippen molar-refractivity contribution in [3.05, 3.63) is 213 Å². The molecule has 2 N–H and O–H groups in total. The first-order chi connectivity index (χ1) is 32.9. The number of benzene rings is 7. The third-order valence-electron chi connectivity index (χ3n) is 12.0. The van der Waals surface area contributed by atoms with Gasteiger partial charge in [0, 0.05) is 40.4 Å². The second kappa shape index (κ2) is 19.8. The molecule has 2 saturated heterocycles. The number of aryl methyl sites for hydroxylation is 2. The Morgan fingerprint density at radius 1 is 0.706 bits per heavy atom. The maximum atomic E-state index is 15.0. The number of amides is 4. The van der Waals surface area contributed by atoms with Crippen LogP contribution in [0.25, 0.3) is 39.5 Å². The van der Waals surface area contributed by atoms with E-state index in [1.54, 1.807) is 59.1 Å². The van der Waals surface area contributed by atoms with Crippen LogP contribution in [0.3, 0.4) is 0 Å². The van der Waals surface area contributed by atoms with Crippen LogP contribution in [0, 0.1) is 25.5 Å². The smallest absolute Gasteiger partial charge is 0.290 e. The largest absolute Gasteiger partial charge is 0.350 e. The van der Waals surface area contributed by atoms with Crippen LogP contribution in [0.2, 0.25) is 0 Å². The monoisotopic (exact) mass is 939 g/mol. The van der Waals surface area contributed by atoms with E-state index in [0.717, 1.165) is 73.3 Å². The molecule has 68 heavy (non-hydrogen) atoms. The first kappa shape index (κ1) is 45.7. The van der Waals surface area contributed by atoms with Gasteiger partial charge in [-0.15, -0.1) is 11.8 Å².